The van der Waals surface area contributed by atoms with Crippen molar-refractivity contribution in [2.75, 3.05) is 40.4 Å². The van der Waals surface area contributed by atoms with Gasteiger partial charge in [0.1, 0.15) is 40.1 Å². The molecule has 0 aliphatic heterocycles. The van der Waals surface area contributed by atoms with E-state index in [1.165, 1.54) is 24.3 Å². The summed E-state index contributed by atoms with van der Waals surface area (Å²) < 4.78 is 159. The van der Waals surface area contributed by atoms with Crippen LogP contribution in [0.2, 0.25) is 0 Å². The van der Waals surface area contributed by atoms with E-state index < -0.39 is 118 Å². The van der Waals surface area contributed by atoms with Gasteiger partial charge in [0, 0.05) is 19.3 Å². The Morgan fingerprint density at radius 2 is 1.00 bits per heavy atom. The van der Waals surface area contributed by atoms with Crippen LogP contribution in [0.5, 0.6) is 5.75 Å². The summed E-state index contributed by atoms with van der Waals surface area (Å²) in [6, 6.07) is 8.59. The lowest BCUT2D eigenvalue weighted by atomic mass is 10.2. The molecule has 13 nitrogen and oxygen atoms in total. The van der Waals surface area contributed by atoms with Gasteiger partial charge in [-0.1, -0.05) is 0 Å². The molecule has 0 amide bonds. The Morgan fingerprint density at radius 1 is 0.607 bits per heavy atom. The van der Waals surface area contributed by atoms with Crippen LogP contribution in [0.25, 0.3) is 0 Å². The quantitative estimate of drug-likeness (QED) is 0.0305. The van der Waals surface area contributed by atoms with Crippen molar-refractivity contribution in [3.63, 3.8) is 0 Å². The number of hydrogen-bond acceptors (Lipinski definition) is 11. The van der Waals surface area contributed by atoms with Crippen molar-refractivity contribution in [1.82, 2.24) is 0 Å². The number of methoxy groups -OCH3 is 1. The number of halogens is 9. The molecule has 0 saturated heterocycles. The maximum absolute atomic E-state index is 14.7. The van der Waals surface area contributed by atoms with Crippen molar-refractivity contribution < 1.29 is 72.7 Å². The lowest BCUT2D eigenvalue weighted by molar-refractivity contribution is 0.0858. The number of aliphatic hydroxyl groups is 4. The Balaban J connectivity index is 0.000000231. The third kappa shape index (κ3) is 10.9. The van der Waals surface area contributed by atoms with Crippen molar-refractivity contribution in [2.24, 2.45) is 0 Å². The van der Waals surface area contributed by atoms with E-state index in [1.807, 2.05) is 49.9 Å². The van der Waals surface area contributed by atoms with Gasteiger partial charge in [0.05, 0.1) is 53.4 Å². The van der Waals surface area contributed by atoms with Crippen LogP contribution in [0.1, 0.15) is 38.5 Å². The van der Waals surface area contributed by atoms with Gasteiger partial charge in [0.2, 0.25) is 20.0 Å². The second-order valence-corrected chi connectivity index (χ2v) is 20.8. The van der Waals surface area contributed by atoms with E-state index >= 15 is 0 Å². The lowest BCUT2D eigenvalue weighted by Gasteiger charge is -2.23. The number of anilines is 6. The second kappa shape index (κ2) is 19.1. The van der Waals surface area contributed by atoms with Crippen LogP contribution in [0, 0.1) is 47.9 Å². The van der Waals surface area contributed by atoms with Crippen molar-refractivity contribution in [3.05, 3.63) is 96.4 Å². The number of hydrogen-bond donors (Lipinski definition) is 8. The molecule has 8 N–H and O–H groups in total. The van der Waals surface area contributed by atoms with Gasteiger partial charge < -0.3 is 35.8 Å². The Labute approximate surface area is 372 Å². The average molecular weight is 1130 g/mol. The monoisotopic (exact) mass is 1130 g/mol. The van der Waals surface area contributed by atoms with E-state index in [0.29, 0.717) is 13.2 Å². The standard InChI is InChI=1S/C19H20F3IN2O5S.C18H17F4IN2O4S/c1-30-15-7-13(21)16(22)18(24-14-3-2-10(23)6-12(14)20)17(15)25-31(28,29)19(4-5-19)8-11(27)9-26;19-11-5-9(23)1-2-14(11)24-17-15(22)12(20)6-13(21)16(17)25-30(28,29)18(3-4-18)7-10(27)8-26/h2-3,6-7,11,24-27H,4-5,8-9H2,1H3;1-2,5-6,10,24-27H,3-4,7-8H2. The van der Waals surface area contributed by atoms with E-state index in [2.05, 4.69) is 15.4 Å². The summed E-state index contributed by atoms with van der Waals surface area (Å²) in [5.74, 6) is -9.30. The highest BCUT2D eigenvalue weighted by Gasteiger charge is 2.57. The molecule has 2 saturated carbocycles. The summed E-state index contributed by atoms with van der Waals surface area (Å²) in [5, 5.41) is 42.0. The van der Waals surface area contributed by atoms with E-state index in [4.69, 9.17) is 14.9 Å². The average Bonchev–Trinajstić information content (AvgIpc) is 4.14. The minimum Gasteiger partial charge on any atom is -0.494 e. The van der Waals surface area contributed by atoms with Gasteiger partial charge in [-0.25, -0.2) is 47.6 Å². The fraction of sp³-hybridized carbons (Fsp3) is 0.351. The van der Waals surface area contributed by atoms with Gasteiger partial charge in [-0.3, -0.25) is 9.44 Å². The lowest BCUT2D eigenvalue weighted by Crippen LogP contribution is -2.34. The number of benzene rings is 4. The number of rotatable bonds is 17. The largest absolute Gasteiger partial charge is 0.494 e. The zero-order valence-corrected chi connectivity index (χ0v) is 37.4. The summed E-state index contributed by atoms with van der Waals surface area (Å²) in [6.45, 7) is -1.29. The Kier molecular flexibility index (Phi) is 15.3. The van der Waals surface area contributed by atoms with Gasteiger partial charge in [0.15, 0.2) is 29.1 Å². The third-order valence-corrected chi connectivity index (χ3v) is 15.5. The summed E-state index contributed by atoms with van der Waals surface area (Å²) >= 11 is 3.71. The molecular weight excluding hydrogens is 1100 g/mol. The molecule has 0 bridgehead atoms. The number of ether oxygens (including phenoxy) is 1. The predicted molar refractivity (Wildman–Crippen MR) is 228 cm³/mol. The first kappa shape index (κ1) is 48.6. The van der Waals surface area contributed by atoms with Crippen LogP contribution in [0.4, 0.5) is 64.9 Å². The summed E-state index contributed by atoms with van der Waals surface area (Å²) in [7, 11) is -7.46. The van der Waals surface area contributed by atoms with Gasteiger partial charge in [-0.15, -0.1) is 0 Å². The Hall–Kier alpha value is -3.41. The molecule has 2 unspecified atom stereocenters. The molecule has 4 aromatic rings. The van der Waals surface area contributed by atoms with Gasteiger partial charge in [0.25, 0.3) is 0 Å². The maximum Gasteiger partial charge on any atom is 0.238 e. The van der Waals surface area contributed by atoms with Gasteiger partial charge in [-0.05, 0) is 120 Å². The topological polar surface area (TPSA) is 207 Å². The van der Waals surface area contributed by atoms with Crippen LogP contribution in [0.3, 0.4) is 0 Å². The highest BCUT2D eigenvalue weighted by atomic mass is 127. The molecule has 61 heavy (non-hydrogen) atoms. The molecule has 0 spiro atoms. The van der Waals surface area contributed by atoms with E-state index in [1.54, 1.807) is 0 Å². The molecule has 4 aromatic carbocycles. The molecular formula is C37H37F7I2N4O9S2. The van der Waals surface area contributed by atoms with Gasteiger partial charge >= 0.3 is 0 Å². The minimum atomic E-state index is -4.38. The smallest absolute Gasteiger partial charge is 0.238 e. The molecule has 6 rings (SSSR count). The highest BCUT2D eigenvalue weighted by molar-refractivity contribution is 14.1. The van der Waals surface area contributed by atoms with Crippen LogP contribution < -0.4 is 24.8 Å². The molecule has 0 radical (unpaired) electrons. The molecule has 0 heterocycles. The van der Waals surface area contributed by atoms with Crippen LogP contribution in [-0.4, -0.2) is 79.3 Å². The van der Waals surface area contributed by atoms with Gasteiger partial charge in [-0.2, -0.15) is 0 Å². The molecule has 24 heteroatoms. The number of aliphatic hydroxyl groups excluding tert-OH is 4. The Morgan fingerprint density at radius 3 is 1.38 bits per heavy atom. The van der Waals surface area contributed by atoms with Crippen LogP contribution >= 0.6 is 45.2 Å². The minimum absolute atomic E-state index is 0.124. The summed E-state index contributed by atoms with van der Waals surface area (Å²) in [5.41, 5.74) is -3.46. The van der Waals surface area contributed by atoms with Crippen LogP contribution in [-0.2, 0) is 20.0 Å². The van der Waals surface area contributed by atoms with E-state index in [-0.39, 0.29) is 61.7 Å². The molecule has 2 atom stereocenters. The molecule has 334 valence electrons. The normalized spacial score (nSPS) is 16.1. The summed E-state index contributed by atoms with van der Waals surface area (Å²) in [6.07, 6.45) is -2.47. The van der Waals surface area contributed by atoms with E-state index in [0.717, 1.165) is 19.2 Å². The summed E-state index contributed by atoms with van der Waals surface area (Å²) in [4.78, 5) is 0. The zero-order chi connectivity index (χ0) is 45.2. The SMILES string of the molecule is COc1cc(F)c(F)c(Nc2ccc(I)cc2F)c1NS(=O)(=O)C1(CC(O)CO)CC1.O=S(=O)(Nc1c(F)cc(F)c(F)c1Nc1ccc(I)cc1F)C1(CC(O)CO)CC1. The predicted octanol–water partition coefficient (Wildman–Crippen LogP) is 7.09. The molecule has 0 aromatic heterocycles. The third-order valence-electron chi connectivity index (χ3n) is 9.82. The van der Waals surface area contributed by atoms with Crippen molar-refractivity contribution in [3.8, 4) is 5.75 Å². The van der Waals surface area contributed by atoms with Crippen LogP contribution in [0.15, 0.2) is 48.5 Å². The van der Waals surface area contributed by atoms with Crippen molar-refractivity contribution >= 4 is 99.4 Å². The first-order valence-electron chi connectivity index (χ1n) is 17.8. The number of sulfonamides is 2. The fourth-order valence-corrected chi connectivity index (χ4v) is 10.5. The zero-order valence-electron chi connectivity index (χ0n) is 31.5. The maximum atomic E-state index is 14.7. The number of nitrogens with one attached hydrogen (secondary N) is 4. The Bertz CT molecular complexity index is 2520. The first-order chi connectivity index (χ1) is 28.5. The van der Waals surface area contributed by atoms with Crippen molar-refractivity contribution in [2.45, 2.75) is 60.2 Å². The fourth-order valence-electron chi connectivity index (χ4n) is 6.16. The first-order valence-corrected chi connectivity index (χ1v) is 23.0. The van der Waals surface area contributed by atoms with Crippen molar-refractivity contribution in [1.29, 1.82) is 0 Å². The highest BCUT2D eigenvalue weighted by Crippen LogP contribution is 2.51. The molecule has 2 aliphatic carbocycles. The van der Waals surface area contributed by atoms with E-state index in [9.17, 15) is 57.8 Å². The molecule has 2 fully saturated rings. The molecule has 2 aliphatic rings. The second-order valence-electron chi connectivity index (χ2n) is 14.2.